The summed E-state index contributed by atoms with van der Waals surface area (Å²) in [5, 5.41) is 13.4. The number of benzene rings is 1. The van der Waals surface area contributed by atoms with E-state index in [1.165, 1.54) is 0 Å². The van der Waals surface area contributed by atoms with Crippen LogP contribution >= 0.6 is 11.3 Å². The van der Waals surface area contributed by atoms with Gasteiger partial charge in [-0.3, -0.25) is 9.36 Å². The number of hydrogen-bond donors (Lipinski definition) is 1. The molecule has 0 radical (unpaired) electrons. The Bertz CT molecular complexity index is 914. The van der Waals surface area contributed by atoms with Gasteiger partial charge in [-0.05, 0) is 62.1 Å². The minimum atomic E-state index is -0.0431. The van der Waals surface area contributed by atoms with Gasteiger partial charge in [0.2, 0.25) is 16.2 Å². The number of rotatable bonds is 4. The van der Waals surface area contributed by atoms with Gasteiger partial charge in [-0.15, -0.1) is 10.2 Å². The molecule has 1 N–H and O–H groups in total. The first kappa shape index (κ1) is 17.7. The molecule has 1 aromatic carbocycles. The summed E-state index contributed by atoms with van der Waals surface area (Å²) in [7, 11) is 0. The highest BCUT2D eigenvalue weighted by molar-refractivity contribution is 7.17. The Morgan fingerprint density at radius 2 is 1.81 bits per heavy atom. The summed E-state index contributed by atoms with van der Waals surface area (Å²) in [6.07, 6.45) is 5.79. The molecule has 6 nitrogen and oxygen atoms in total. The van der Waals surface area contributed by atoms with E-state index < -0.39 is 0 Å². The average Bonchev–Trinajstić information content (AvgIpc) is 3.32. The Morgan fingerprint density at radius 1 is 1.11 bits per heavy atom. The van der Waals surface area contributed by atoms with Crippen molar-refractivity contribution in [1.82, 2.24) is 14.8 Å². The first-order valence-corrected chi connectivity index (χ1v) is 10.0. The lowest BCUT2D eigenvalue weighted by Crippen LogP contribution is -2.40. The molecule has 0 saturated carbocycles. The van der Waals surface area contributed by atoms with Crippen molar-refractivity contribution < 1.29 is 4.79 Å². The summed E-state index contributed by atoms with van der Waals surface area (Å²) in [4.78, 5) is 15.0. The van der Waals surface area contributed by atoms with Gasteiger partial charge < -0.3 is 10.2 Å². The van der Waals surface area contributed by atoms with Crippen LogP contribution in [-0.4, -0.2) is 33.8 Å². The molecule has 1 aliphatic rings. The van der Waals surface area contributed by atoms with Crippen molar-refractivity contribution in [1.29, 1.82) is 0 Å². The monoisotopic (exact) mass is 381 g/mol. The van der Waals surface area contributed by atoms with Crippen LogP contribution in [0.2, 0.25) is 0 Å². The minimum absolute atomic E-state index is 0.0431. The molecule has 0 spiro atoms. The highest BCUT2D eigenvalue weighted by Crippen LogP contribution is 2.28. The molecule has 1 aliphatic heterocycles. The van der Waals surface area contributed by atoms with Gasteiger partial charge >= 0.3 is 0 Å². The molecule has 1 amide bonds. The van der Waals surface area contributed by atoms with Crippen molar-refractivity contribution in [3.8, 4) is 5.13 Å². The quantitative estimate of drug-likeness (QED) is 0.747. The highest BCUT2D eigenvalue weighted by Gasteiger charge is 2.28. The van der Waals surface area contributed by atoms with Crippen LogP contribution in [0.5, 0.6) is 0 Å². The number of aryl methyl sites for hydroxylation is 2. The van der Waals surface area contributed by atoms with Crippen molar-refractivity contribution in [3.05, 3.63) is 53.9 Å². The molecule has 140 valence electrons. The molecule has 2 aromatic heterocycles. The second-order valence-corrected chi connectivity index (χ2v) is 8.04. The van der Waals surface area contributed by atoms with Crippen LogP contribution in [0.15, 0.2) is 42.7 Å². The summed E-state index contributed by atoms with van der Waals surface area (Å²) in [5.74, 6) is 0.0401. The Kier molecular flexibility index (Phi) is 4.94. The molecular weight excluding hydrogens is 358 g/mol. The topological polar surface area (TPSA) is 63.1 Å². The predicted octanol–water partition coefficient (Wildman–Crippen LogP) is 3.80. The SMILES string of the molecule is Cc1cc(C)cc(NC(=O)[C@@H]2CCCN(c3nnc(-n4cccc4)s3)C2)c1. The Labute approximate surface area is 162 Å². The molecule has 1 fully saturated rings. The van der Waals surface area contributed by atoms with Crippen molar-refractivity contribution in [2.75, 3.05) is 23.3 Å². The van der Waals surface area contributed by atoms with E-state index in [1.807, 2.05) is 55.1 Å². The van der Waals surface area contributed by atoms with Gasteiger partial charge in [0.15, 0.2) is 0 Å². The number of nitrogens with one attached hydrogen (secondary N) is 1. The van der Waals surface area contributed by atoms with Crippen LogP contribution in [0.4, 0.5) is 10.8 Å². The molecule has 0 aliphatic carbocycles. The number of carbonyl (C=O) groups excluding carboxylic acids is 1. The molecule has 3 aromatic rings. The third-order valence-electron chi connectivity index (χ3n) is 4.78. The lowest BCUT2D eigenvalue weighted by molar-refractivity contribution is -0.120. The van der Waals surface area contributed by atoms with E-state index in [9.17, 15) is 4.79 Å². The van der Waals surface area contributed by atoms with Crippen LogP contribution in [0.25, 0.3) is 5.13 Å². The summed E-state index contributed by atoms with van der Waals surface area (Å²) in [5.41, 5.74) is 3.18. The predicted molar refractivity (Wildman–Crippen MR) is 109 cm³/mol. The minimum Gasteiger partial charge on any atom is -0.346 e. The molecule has 3 heterocycles. The van der Waals surface area contributed by atoms with E-state index in [2.05, 4.69) is 26.5 Å². The fourth-order valence-corrected chi connectivity index (χ4v) is 4.41. The van der Waals surface area contributed by atoms with Crippen molar-refractivity contribution >= 4 is 28.1 Å². The number of amides is 1. The van der Waals surface area contributed by atoms with Gasteiger partial charge in [0.1, 0.15) is 0 Å². The number of hydrogen-bond acceptors (Lipinski definition) is 5. The van der Waals surface area contributed by atoms with Crippen LogP contribution < -0.4 is 10.2 Å². The van der Waals surface area contributed by atoms with Gasteiger partial charge in [0, 0.05) is 31.2 Å². The van der Waals surface area contributed by atoms with Crippen LogP contribution in [0.3, 0.4) is 0 Å². The Hall–Kier alpha value is -2.67. The van der Waals surface area contributed by atoms with Crippen LogP contribution in [0, 0.1) is 19.8 Å². The maximum atomic E-state index is 12.8. The summed E-state index contributed by atoms with van der Waals surface area (Å²) in [6.45, 7) is 5.68. The normalized spacial score (nSPS) is 17.1. The second kappa shape index (κ2) is 7.52. The van der Waals surface area contributed by atoms with Crippen molar-refractivity contribution in [3.63, 3.8) is 0 Å². The molecule has 0 bridgehead atoms. The van der Waals surface area contributed by atoms with E-state index in [0.29, 0.717) is 6.54 Å². The largest absolute Gasteiger partial charge is 0.346 e. The van der Waals surface area contributed by atoms with Crippen molar-refractivity contribution in [2.24, 2.45) is 5.92 Å². The number of aromatic nitrogens is 3. The summed E-state index contributed by atoms with van der Waals surface area (Å²) in [6, 6.07) is 10.1. The van der Waals surface area contributed by atoms with Crippen LogP contribution in [-0.2, 0) is 4.79 Å². The van der Waals surface area contributed by atoms with Gasteiger partial charge in [-0.25, -0.2) is 0 Å². The van der Waals surface area contributed by atoms with E-state index in [1.54, 1.807) is 11.3 Å². The fraction of sp³-hybridized carbons (Fsp3) is 0.350. The second-order valence-electron chi connectivity index (χ2n) is 7.11. The zero-order valence-corrected chi connectivity index (χ0v) is 16.4. The average molecular weight is 382 g/mol. The van der Waals surface area contributed by atoms with Gasteiger partial charge in [-0.2, -0.15) is 0 Å². The third-order valence-corrected chi connectivity index (χ3v) is 5.78. The van der Waals surface area contributed by atoms with E-state index >= 15 is 0 Å². The van der Waals surface area contributed by atoms with E-state index in [0.717, 1.165) is 46.5 Å². The first-order valence-electron chi connectivity index (χ1n) is 9.19. The summed E-state index contributed by atoms with van der Waals surface area (Å²) >= 11 is 1.55. The zero-order valence-electron chi connectivity index (χ0n) is 15.6. The lowest BCUT2D eigenvalue weighted by Gasteiger charge is -2.31. The Morgan fingerprint density at radius 3 is 2.56 bits per heavy atom. The Balaban J connectivity index is 1.44. The van der Waals surface area contributed by atoms with E-state index in [4.69, 9.17) is 0 Å². The van der Waals surface area contributed by atoms with Crippen LogP contribution in [0.1, 0.15) is 24.0 Å². The number of piperidine rings is 1. The maximum absolute atomic E-state index is 12.8. The third kappa shape index (κ3) is 4.03. The van der Waals surface area contributed by atoms with Crippen molar-refractivity contribution in [2.45, 2.75) is 26.7 Å². The summed E-state index contributed by atoms with van der Waals surface area (Å²) < 4.78 is 1.95. The number of anilines is 2. The maximum Gasteiger partial charge on any atom is 0.229 e. The molecular formula is C20H23N5OS. The zero-order chi connectivity index (χ0) is 18.8. The van der Waals surface area contributed by atoms with E-state index in [-0.39, 0.29) is 11.8 Å². The van der Waals surface area contributed by atoms with Gasteiger partial charge in [0.25, 0.3) is 0 Å². The highest BCUT2D eigenvalue weighted by atomic mass is 32.1. The molecule has 7 heteroatoms. The standard InChI is InChI=1S/C20H23N5OS/c1-14-10-15(2)12-17(11-14)21-18(26)16-6-5-9-25(13-16)20-23-22-19(27-20)24-7-3-4-8-24/h3-4,7-8,10-12,16H,5-6,9,13H2,1-2H3,(H,21,26)/t16-/m1/s1. The fourth-order valence-electron chi connectivity index (χ4n) is 3.56. The number of carbonyl (C=O) groups is 1. The smallest absolute Gasteiger partial charge is 0.229 e. The molecule has 27 heavy (non-hydrogen) atoms. The van der Waals surface area contributed by atoms with Gasteiger partial charge in [-0.1, -0.05) is 17.4 Å². The number of nitrogens with zero attached hydrogens (tertiary/aromatic N) is 4. The molecule has 1 saturated heterocycles. The molecule has 0 unspecified atom stereocenters. The lowest BCUT2D eigenvalue weighted by atomic mass is 9.97. The van der Waals surface area contributed by atoms with Gasteiger partial charge in [0.05, 0.1) is 5.92 Å². The molecule has 1 atom stereocenters. The first-order chi connectivity index (χ1) is 13.1. The molecule has 4 rings (SSSR count).